The number of carbonyl (C=O) groups excluding carboxylic acids is 2. The number of nitrogens with one attached hydrogen (secondary N) is 1. The molecule has 11 heteroatoms. The van der Waals surface area contributed by atoms with Crippen LogP contribution in [0.3, 0.4) is 0 Å². The van der Waals surface area contributed by atoms with Crippen LogP contribution < -0.4 is 19.1 Å². The van der Waals surface area contributed by atoms with Gasteiger partial charge >= 0.3 is 0 Å². The minimum Gasteiger partial charge on any atom is -0.454 e. The average Bonchev–Trinajstić information content (AvgIpc) is 3.31. The van der Waals surface area contributed by atoms with Gasteiger partial charge in [-0.1, -0.05) is 41.9 Å². The molecule has 0 unspecified atom stereocenters. The molecule has 0 bridgehead atoms. The van der Waals surface area contributed by atoms with E-state index in [1.165, 1.54) is 4.31 Å². The fourth-order valence-electron chi connectivity index (χ4n) is 3.87. The lowest BCUT2D eigenvalue weighted by Crippen LogP contribution is -2.48. The highest BCUT2D eigenvalue weighted by Gasteiger charge is 2.27. The van der Waals surface area contributed by atoms with E-state index in [4.69, 9.17) is 9.47 Å². The molecule has 0 aromatic heterocycles. The van der Waals surface area contributed by atoms with Crippen LogP contribution in [-0.2, 0) is 26.2 Å². The average molecular weight is 597 g/mol. The third kappa shape index (κ3) is 8.10. The number of benzene rings is 2. The predicted molar refractivity (Wildman–Crippen MR) is 146 cm³/mol. The Labute approximate surface area is 227 Å². The van der Waals surface area contributed by atoms with Crippen LogP contribution in [0.15, 0.2) is 46.9 Å². The van der Waals surface area contributed by atoms with E-state index in [2.05, 4.69) is 21.2 Å². The Hall–Kier alpha value is -2.79. The van der Waals surface area contributed by atoms with Crippen molar-refractivity contribution in [1.82, 2.24) is 10.2 Å². The highest BCUT2D eigenvalue weighted by Crippen LogP contribution is 2.36. The summed E-state index contributed by atoms with van der Waals surface area (Å²) < 4.78 is 37.9. The summed E-state index contributed by atoms with van der Waals surface area (Å²) in [5.74, 6) is 0.862. The molecule has 2 aromatic carbocycles. The van der Waals surface area contributed by atoms with Crippen LogP contribution in [0.4, 0.5) is 5.69 Å². The number of rotatable bonds is 12. The predicted octanol–water partition coefficient (Wildman–Crippen LogP) is 3.91. The number of carbonyl (C=O) groups is 2. The molecule has 0 fully saturated rings. The minimum absolute atomic E-state index is 0.0783. The van der Waals surface area contributed by atoms with Crippen LogP contribution in [0.2, 0.25) is 0 Å². The van der Waals surface area contributed by atoms with Crippen molar-refractivity contribution in [2.45, 2.75) is 46.2 Å². The topological polar surface area (TPSA) is 105 Å². The van der Waals surface area contributed by atoms with Gasteiger partial charge in [0, 0.05) is 36.6 Å². The highest BCUT2D eigenvalue weighted by atomic mass is 79.9. The largest absolute Gasteiger partial charge is 0.454 e. The third-order valence-corrected chi connectivity index (χ3v) is 7.64. The van der Waals surface area contributed by atoms with Gasteiger partial charge in [0.25, 0.3) is 0 Å². The second-order valence-electron chi connectivity index (χ2n) is 9.44. The quantitative estimate of drug-likeness (QED) is 0.399. The number of hydrogen-bond acceptors (Lipinski definition) is 6. The third-order valence-electron chi connectivity index (χ3n) is 5.91. The minimum atomic E-state index is -3.61. The molecule has 0 saturated heterocycles. The summed E-state index contributed by atoms with van der Waals surface area (Å²) in [5, 5.41) is 2.90. The number of nitrogens with zero attached hydrogens (tertiary/aromatic N) is 2. The van der Waals surface area contributed by atoms with E-state index in [1.807, 2.05) is 38.1 Å². The number of fused-ring (bicyclic) bond motifs is 1. The van der Waals surface area contributed by atoms with E-state index in [1.54, 1.807) is 30.0 Å². The first kappa shape index (κ1) is 28.8. The number of halogens is 1. The van der Waals surface area contributed by atoms with Crippen LogP contribution >= 0.6 is 15.9 Å². The van der Waals surface area contributed by atoms with Gasteiger partial charge in [0.15, 0.2) is 11.5 Å². The van der Waals surface area contributed by atoms with Crippen LogP contribution in [0, 0.1) is 5.92 Å². The van der Waals surface area contributed by atoms with Gasteiger partial charge in [-0.05, 0) is 49.1 Å². The SMILES string of the molecule is CC(C)CNC(=O)[C@@H](C)N(Cc1ccc(Br)cc1)C(=O)CCCN(c1ccc2c(c1)OCO2)S(C)(=O)=O. The van der Waals surface area contributed by atoms with Crippen molar-refractivity contribution in [2.75, 3.05) is 30.4 Å². The van der Waals surface area contributed by atoms with Crippen molar-refractivity contribution in [1.29, 1.82) is 0 Å². The maximum Gasteiger partial charge on any atom is 0.242 e. The second-order valence-corrected chi connectivity index (χ2v) is 12.3. The molecule has 2 amide bonds. The van der Waals surface area contributed by atoms with Gasteiger partial charge < -0.3 is 19.7 Å². The molecule has 37 heavy (non-hydrogen) atoms. The van der Waals surface area contributed by atoms with Crippen LogP contribution in [0.1, 0.15) is 39.2 Å². The van der Waals surface area contributed by atoms with Crippen molar-refractivity contribution in [2.24, 2.45) is 5.92 Å². The van der Waals surface area contributed by atoms with E-state index in [0.29, 0.717) is 23.7 Å². The van der Waals surface area contributed by atoms with Crippen LogP contribution in [0.5, 0.6) is 11.5 Å². The van der Waals surface area contributed by atoms with E-state index >= 15 is 0 Å². The number of anilines is 1. The molecule has 0 aliphatic carbocycles. The molecular formula is C26H34BrN3O6S. The summed E-state index contributed by atoms with van der Waals surface area (Å²) in [4.78, 5) is 27.7. The Kier molecular flexibility index (Phi) is 9.83. The maximum absolute atomic E-state index is 13.4. The zero-order valence-corrected chi connectivity index (χ0v) is 24.0. The van der Waals surface area contributed by atoms with Crippen molar-refractivity contribution in [3.63, 3.8) is 0 Å². The Morgan fingerprint density at radius 1 is 1.05 bits per heavy atom. The van der Waals surface area contributed by atoms with Gasteiger partial charge in [-0.25, -0.2) is 8.42 Å². The molecule has 3 rings (SSSR count). The van der Waals surface area contributed by atoms with E-state index in [-0.39, 0.29) is 50.5 Å². The molecule has 0 saturated carbocycles. The summed E-state index contributed by atoms with van der Waals surface area (Å²) in [6, 6.07) is 11.8. The molecule has 1 heterocycles. The van der Waals surface area contributed by atoms with Crippen LogP contribution in [-0.4, -0.2) is 57.3 Å². The molecule has 1 atom stereocenters. The fourth-order valence-corrected chi connectivity index (χ4v) is 5.09. The second kappa shape index (κ2) is 12.6. The molecule has 2 aromatic rings. The fraction of sp³-hybridized carbons (Fsp3) is 0.462. The highest BCUT2D eigenvalue weighted by molar-refractivity contribution is 9.10. The summed E-state index contributed by atoms with van der Waals surface area (Å²) >= 11 is 3.41. The zero-order chi connectivity index (χ0) is 27.2. The van der Waals surface area contributed by atoms with Gasteiger partial charge in [-0.3, -0.25) is 13.9 Å². The van der Waals surface area contributed by atoms with Gasteiger partial charge in [-0.15, -0.1) is 0 Å². The summed E-state index contributed by atoms with van der Waals surface area (Å²) in [7, 11) is -3.61. The smallest absolute Gasteiger partial charge is 0.242 e. The molecule has 202 valence electrons. The van der Waals surface area contributed by atoms with Gasteiger partial charge in [0.1, 0.15) is 6.04 Å². The summed E-state index contributed by atoms with van der Waals surface area (Å²) in [5.41, 5.74) is 1.32. The van der Waals surface area contributed by atoms with Crippen molar-refractivity contribution >= 4 is 43.5 Å². The monoisotopic (exact) mass is 595 g/mol. The van der Waals surface area contributed by atoms with Crippen molar-refractivity contribution < 1.29 is 27.5 Å². The van der Waals surface area contributed by atoms with Crippen LogP contribution in [0.25, 0.3) is 0 Å². The van der Waals surface area contributed by atoms with Gasteiger partial charge in [0.05, 0.1) is 11.9 Å². The summed E-state index contributed by atoms with van der Waals surface area (Å²) in [6.45, 7) is 6.69. The Morgan fingerprint density at radius 3 is 2.38 bits per heavy atom. The summed E-state index contributed by atoms with van der Waals surface area (Å²) in [6.07, 6.45) is 1.48. The Bertz CT molecular complexity index is 1200. The lowest BCUT2D eigenvalue weighted by atomic mass is 10.1. The first-order valence-corrected chi connectivity index (χ1v) is 14.8. The molecule has 1 N–H and O–H groups in total. The molecule has 9 nitrogen and oxygen atoms in total. The molecule has 0 radical (unpaired) electrons. The number of sulfonamides is 1. The van der Waals surface area contributed by atoms with Gasteiger partial charge in [-0.2, -0.15) is 0 Å². The van der Waals surface area contributed by atoms with E-state index in [0.717, 1.165) is 16.3 Å². The lowest BCUT2D eigenvalue weighted by molar-refractivity contribution is -0.140. The molecule has 1 aliphatic heterocycles. The van der Waals surface area contributed by atoms with E-state index < -0.39 is 16.1 Å². The number of amides is 2. The van der Waals surface area contributed by atoms with Crippen molar-refractivity contribution in [3.05, 3.63) is 52.5 Å². The Balaban J connectivity index is 1.71. The lowest BCUT2D eigenvalue weighted by Gasteiger charge is -2.29. The number of ether oxygens (including phenoxy) is 2. The Morgan fingerprint density at radius 2 is 1.73 bits per heavy atom. The maximum atomic E-state index is 13.4. The normalized spacial score (nSPS) is 13.4. The standard InChI is InChI=1S/C26H34BrN3O6S/c1-18(2)15-28-26(32)19(3)29(16-20-7-9-21(27)10-8-20)25(31)6-5-13-30(37(4,33)34)22-11-12-23-24(14-22)36-17-35-23/h7-12,14,18-19H,5-6,13,15-17H2,1-4H3,(H,28,32)/t19-/m1/s1. The van der Waals surface area contributed by atoms with Gasteiger partial charge in [0.2, 0.25) is 28.6 Å². The number of hydrogen-bond donors (Lipinski definition) is 1. The zero-order valence-electron chi connectivity index (χ0n) is 21.6. The molecule has 1 aliphatic rings. The molecule has 0 spiro atoms. The van der Waals surface area contributed by atoms with E-state index in [9.17, 15) is 18.0 Å². The van der Waals surface area contributed by atoms with Crippen molar-refractivity contribution in [3.8, 4) is 11.5 Å². The first-order chi connectivity index (χ1) is 17.5. The molecular weight excluding hydrogens is 562 g/mol. The first-order valence-electron chi connectivity index (χ1n) is 12.1.